The Morgan fingerprint density at radius 2 is 2.14 bits per heavy atom. The van der Waals surface area contributed by atoms with E-state index < -0.39 is 5.91 Å². The number of hydrogen-bond donors (Lipinski definition) is 1. The Kier molecular flexibility index (Phi) is 8.44. The standard InChI is InChI=1S/C22H28N4O3/c1-5-8-26-16(2)11-19(17(26)3)12-20(13-23)22(27)25-15-18-6-7-21(24-14-18)29-10-9-28-4/h6-7,11-12,14H,5,8-10,15H2,1-4H3,(H,25,27)/b20-12+. The minimum atomic E-state index is -0.409. The van der Waals surface area contributed by atoms with Gasteiger partial charge in [0.25, 0.3) is 5.91 Å². The molecule has 0 saturated carbocycles. The summed E-state index contributed by atoms with van der Waals surface area (Å²) >= 11 is 0. The Labute approximate surface area is 172 Å². The van der Waals surface area contributed by atoms with Gasteiger partial charge < -0.3 is 19.4 Å². The number of rotatable bonds is 10. The van der Waals surface area contributed by atoms with Crippen LogP contribution in [-0.4, -0.2) is 35.8 Å². The molecular weight excluding hydrogens is 368 g/mol. The number of nitrogens with one attached hydrogen (secondary N) is 1. The summed E-state index contributed by atoms with van der Waals surface area (Å²) in [5, 5.41) is 12.2. The predicted octanol–water partition coefficient (Wildman–Crippen LogP) is 3.16. The van der Waals surface area contributed by atoms with Crippen molar-refractivity contribution in [3.8, 4) is 11.9 Å². The lowest BCUT2D eigenvalue weighted by atomic mass is 10.1. The van der Waals surface area contributed by atoms with Gasteiger partial charge in [-0.1, -0.05) is 13.0 Å². The van der Waals surface area contributed by atoms with Crippen molar-refractivity contribution in [1.29, 1.82) is 5.26 Å². The lowest BCUT2D eigenvalue weighted by molar-refractivity contribution is -0.117. The molecule has 0 bridgehead atoms. The maximum atomic E-state index is 12.5. The number of nitrogens with zero attached hydrogens (tertiary/aromatic N) is 3. The van der Waals surface area contributed by atoms with Gasteiger partial charge in [0.15, 0.2) is 0 Å². The Hall–Kier alpha value is -3.11. The van der Waals surface area contributed by atoms with Crippen LogP contribution < -0.4 is 10.1 Å². The smallest absolute Gasteiger partial charge is 0.262 e. The van der Waals surface area contributed by atoms with Crippen molar-refractivity contribution in [3.63, 3.8) is 0 Å². The zero-order valence-corrected chi connectivity index (χ0v) is 17.5. The minimum absolute atomic E-state index is 0.0780. The SMILES string of the molecule is CCCn1c(C)cc(/C=C(\C#N)C(=O)NCc2ccc(OCCOC)nc2)c1C. The average molecular weight is 396 g/mol. The molecule has 2 rings (SSSR count). The van der Waals surface area contributed by atoms with Crippen molar-refractivity contribution in [2.45, 2.75) is 40.3 Å². The molecule has 0 radical (unpaired) electrons. The lowest BCUT2D eigenvalue weighted by Crippen LogP contribution is -2.24. The first-order valence-corrected chi connectivity index (χ1v) is 9.63. The van der Waals surface area contributed by atoms with Gasteiger partial charge in [-0.2, -0.15) is 5.26 Å². The molecule has 0 aliphatic heterocycles. The summed E-state index contributed by atoms with van der Waals surface area (Å²) in [6.45, 7) is 8.26. The van der Waals surface area contributed by atoms with Gasteiger partial charge in [-0.05, 0) is 43.5 Å². The molecule has 0 fully saturated rings. The zero-order chi connectivity index (χ0) is 21.2. The molecule has 2 aromatic heterocycles. The molecule has 0 aromatic carbocycles. The third-order valence-electron chi connectivity index (χ3n) is 4.51. The topological polar surface area (TPSA) is 89.2 Å². The van der Waals surface area contributed by atoms with Crippen LogP contribution in [0.15, 0.2) is 30.0 Å². The first-order valence-electron chi connectivity index (χ1n) is 9.63. The van der Waals surface area contributed by atoms with Crippen molar-refractivity contribution in [3.05, 3.63) is 52.5 Å². The summed E-state index contributed by atoms with van der Waals surface area (Å²) < 4.78 is 12.5. The van der Waals surface area contributed by atoms with E-state index in [9.17, 15) is 10.1 Å². The second-order valence-electron chi connectivity index (χ2n) is 6.68. The van der Waals surface area contributed by atoms with Crippen molar-refractivity contribution in [2.24, 2.45) is 0 Å². The van der Waals surface area contributed by atoms with Crippen LogP contribution in [0.3, 0.4) is 0 Å². The summed E-state index contributed by atoms with van der Waals surface area (Å²) in [7, 11) is 1.61. The second kappa shape index (κ2) is 11.0. The third kappa shape index (κ3) is 6.19. The molecule has 1 N–H and O–H groups in total. The fraction of sp³-hybridized carbons (Fsp3) is 0.409. The van der Waals surface area contributed by atoms with E-state index in [0.717, 1.165) is 35.5 Å². The first-order chi connectivity index (χ1) is 14.0. The molecule has 0 unspecified atom stereocenters. The van der Waals surface area contributed by atoms with E-state index in [1.54, 1.807) is 25.4 Å². The number of amides is 1. The number of aryl methyl sites for hydroxylation is 1. The van der Waals surface area contributed by atoms with Crippen LogP contribution in [-0.2, 0) is 22.6 Å². The molecule has 7 heteroatoms. The van der Waals surface area contributed by atoms with Crippen molar-refractivity contribution in [2.75, 3.05) is 20.3 Å². The van der Waals surface area contributed by atoms with E-state index in [0.29, 0.717) is 19.1 Å². The molecule has 0 spiro atoms. The number of ether oxygens (including phenoxy) is 2. The number of nitriles is 1. The molecule has 1 amide bonds. The third-order valence-corrected chi connectivity index (χ3v) is 4.51. The molecule has 2 aromatic rings. The molecular formula is C22H28N4O3. The monoisotopic (exact) mass is 396 g/mol. The highest BCUT2D eigenvalue weighted by Gasteiger charge is 2.12. The van der Waals surface area contributed by atoms with E-state index in [-0.39, 0.29) is 12.1 Å². The Morgan fingerprint density at radius 1 is 1.34 bits per heavy atom. The Bertz CT molecular complexity index is 892. The van der Waals surface area contributed by atoms with E-state index >= 15 is 0 Å². The average Bonchev–Trinajstić information content (AvgIpc) is 2.99. The maximum absolute atomic E-state index is 12.5. The highest BCUT2D eigenvalue weighted by molar-refractivity contribution is 6.01. The lowest BCUT2D eigenvalue weighted by Gasteiger charge is -2.08. The summed E-state index contributed by atoms with van der Waals surface area (Å²) in [5.41, 5.74) is 3.96. The van der Waals surface area contributed by atoms with Gasteiger partial charge in [0.05, 0.1) is 6.61 Å². The van der Waals surface area contributed by atoms with E-state index in [1.165, 1.54) is 0 Å². The molecule has 0 aliphatic rings. The van der Waals surface area contributed by atoms with Gasteiger partial charge >= 0.3 is 0 Å². The number of hydrogen-bond acceptors (Lipinski definition) is 5. The van der Waals surface area contributed by atoms with Crippen LogP contribution in [0.4, 0.5) is 0 Å². The van der Waals surface area contributed by atoms with Gasteiger partial charge in [-0.3, -0.25) is 4.79 Å². The largest absolute Gasteiger partial charge is 0.475 e. The fourth-order valence-electron chi connectivity index (χ4n) is 2.95. The number of aromatic nitrogens is 2. The van der Waals surface area contributed by atoms with Crippen molar-refractivity contribution in [1.82, 2.24) is 14.9 Å². The van der Waals surface area contributed by atoms with Crippen LogP contribution in [0.1, 0.15) is 35.9 Å². The molecule has 7 nitrogen and oxygen atoms in total. The van der Waals surface area contributed by atoms with Gasteiger partial charge in [-0.25, -0.2) is 4.98 Å². The summed E-state index contributed by atoms with van der Waals surface area (Å²) in [5.74, 6) is 0.0883. The number of carbonyl (C=O) groups excluding carboxylic acids is 1. The predicted molar refractivity (Wildman–Crippen MR) is 111 cm³/mol. The van der Waals surface area contributed by atoms with Crippen molar-refractivity contribution >= 4 is 12.0 Å². The van der Waals surface area contributed by atoms with Crippen LogP contribution in [0, 0.1) is 25.2 Å². The van der Waals surface area contributed by atoms with E-state index in [1.807, 2.05) is 32.0 Å². The second-order valence-corrected chi connectivity index (χ2v) is 6.68. The maximum Gasteiger partial charge on any atom is 0.262 e. The van der Waals surface area contributed by atoms with E-state index in [2.05, 4.69) is 21.8 Å². The van der Waals surface area contributed by atoms with Crippen LogP contribution in [0.25, 0.3) is 6.08 Å². The molecule has 0 aliphatic carbocycles. The minimum Gasteiger partial charge on any atom is -0.475 e. The number of methoxy groups -OCH3 is 1. The molecule has 29 heavy (non-hydrogen) atoms. The molecule has 2 heterocycles. The van der Waals surface area contributed by atoms with Crippen LogP contribution in [0.2, 0.25) is 0 Å². The number of carbonyl (C=O) groups is 1. The normalized spacial score (nSPS) is 11.2. The summed E-state index contributed by atoms with van der Waals surface area (Å²) in [6, 6.07) is 7.57. The zero-order valence-electron chi connectivity index (χ0n) is 17.5. The van der Waals surface area contributed by atoms with Crippen LogP contribution in [0.5, 0.6) is 5.88 Å². The van der Waals surface area contributed by atoms with E-state index in [4.69, 9.17) is 9.47 Å². The van der Waals surface area contributed by atoms with Gasteiger partial charge in [-0.15, -0.1) is 0 Å². The van der Waals surface area contributed by atoms with Gasteiger partial charge in [0, 0.05) is 43.9 Å². The Morgan fingerprint density at radius 3 is 2.76 bits per heavy atom. The van der Waals surface area contributed by atoms with Gasteiger partial charge in [0.2, 0.25) is 5.88 Å². The van der Waals surface area contributed by atoms with Crippen LogP contribution >= 0.6 is 0 Å². The van der Waals surface area contributed by atoms with Gasteiger partial charge in [0.1, 0.15) is 18.2 Å². The number of pyridine rings is 1. The molecule has 0 atom stereocenters. The quantitative estimate of drug-likeness (QED) is 0.379. The molecule has 0 saturated heterocycles. The summed E-state index contributed by atoms with van der Waals surface area (Å²) in [4.78, 5) is 16.6. The Balaban J connectivity index is 2.01. The highest BCUT2D eigenvalue weighted by Crippen LogP contribution is 2.19. The summed E-state index contributed by atoms with van der Waals surface area (Å²) in [6.07, 6.45) is 4.31. The fourth-order valence-corrected chi connectivity index (χ4v) is 2.95. The van der Waals surface area contributed by atoms with Crippen molar-refractivity contribution < 1.29 is 14.3 Å². The first kappa shape index (κ1) is 22.2. The highest BCUT2D eigenvalue weighted by atomic mass is 16.5. The molecule has 154 valence electrons.